The number of aromatic amines is 2. The summed E-state index contributed by atoms with van der Waals surface area (Å²) in [5.41, 5.74) is 5.00. The Labute approximate surface area is 245 Å². The molecule has 6 rings (SSSR count). The molecule has 3 N–H and O–H groups in total. The van der Waals surface area contributed by atoms with Crippen molar-refractivity contribution in [3.63, 3.8) is 0 Å². The van der Waals surface area contributed by atoms with Crippen LogP contribution in [0.3, 0.4) is 0 Å². The van der Waals surface area contributed by atoms with E-state index < -0.39 is 17.7 Å². The first kappa shape index (κ1) is 27.3. The van der Waals surface area contributed by atoms with Crippen LogP contribution >= 0.6 is 0 Å². The molecular formula is C34H36N6O2. The van der Waals surface area contributed by atoms with Gasteiger partial charge in [-0.3, -0.25) is 0 Å². The average molecular weight is 561 g/mol. The molecule has 0 aliphatic heterocycles. The summed E-state index contributed by atoms with van der Waals surface area (Å²) >= 11 is 0. The zero-order valence-corrected chi connectivity index (χ0v) is 24.2. The molecule has 6 aromatic rings. The maximum absolute atomic E-state index is 13.1. The summed E-state index contributed by atoms with van der Waals surface area (Å²) in [6.07, 6.45) is 5.63. The van der Waals surface area contributed by atoms with Gasteiger partial charge in [-0.15, -0.1) is 10.2 Å². The highest BCUT2D eigenvalue weighted by Gasteiger charge is 2.27. The Kier molecular flexibility index (Phi) is 7.52. The normalized spacial score (nSPS) is 12.5. The summed E-state index contributed by atoms with van der Waals surface area (Å²) < 4.78 is 7.83. The second-order valence-electron chi connectivity index (χ2n) is 11.7. The molecule has 8 nitrogen and oxygen atoms in total. The number of carbonyl (C=O) groups is 1. The van der Waals surface area contributed by atoms with Gasteiger partial charge in [0.25, 0.3) is 0 Å². The van der Waals surface area contributed by atoms with Crippen molar-refractivity contribution < 1.29 is 9.53 Å². The Morgan fingerprint density at radius 2 is 1.45 bits per heavy atom. The predicted octanol–water partition coefficient (Wildman–Crippen LogP) is 6.88. The summed E-state index contributed by atoms with van der Waals surface area (Å²) in [6.45, 7) is 6.18. The highest BCUT2D eigenvalue weighted by molar-refractivity contribution is 5.84. The van der Waals surface area contributed by atoms with Crippen LogP contribution in [0, 0.1) is 0 Å². The number of amides is 1. The van der Waals surface area contributed by atoms with Crippen molar-refractivity contribution in [1.82, 2.24) is 30.0 Å². The molecule has 0 aliphatic carbocycles. The molecule has 0 saturated carbocycles. The molecule has 3 heterocycles. The fourth-order valence-corrected chi connectivity index (χ4v) is 5.49. The second-order valence-corrected chi connectivity index (χ2v) is 11.7. The molecule has 0 aliphatic rings. The first-order valence-corrected chi connectivity index (χ1v) is 14.4. The Bertz CT molecular complexity index is 1810. The Balaban J connectivity index is 1.36. The van der Waals surface area contributed by atoms with Crippen molar-refractivity contribution in [3.05, 3.63) is 120 Å². The molecule has 0 spiro atoms. The van der Waals surface area contributed by atoms with E-state index in [2.05, 4.69) is 73.6 Å². The van der Waals surface area contributed by atoms with Crippen molar-refractivity contribution in [2.45, 2.75) is 58.2 Å². The van der Waals surface area contributed by atoms with Crippen LogP contribution in [0.2, 0.25) is 0 Å². The van der Waals surface area contributed by atoms with E-state index in [1.807, 2.05) is 63.4 Å². The molecule has 214 valence electrons. The van der Waals surface area contributed by atoms with E-state index in [9.17, 15) is 4.79 Å². The number of aromatic nitrogens is 5. The van der Waals surface area contributed by atoms with Gasteiger partial charge in [-0.05, 0) is 56.0 Å². The SMILES string of the molecule is CC(C)(C)OC(=O)N[C@H](Cc1c[nH]c2ccccc12)c1nnc(CCc2c[nH]c3ccccc23)n1Cc1ccccc1. The first-order chi connectivity index (χ1) is 20.3. The van der Waals surface area contributed by atoms with Gasteiger partial charge in [0.15, 0.2) is 5.82 Å². The largest absolute Gasteiger partial charge is 0.444 e. The third kappa shape index (κ3) is 6.07. The number of aryl methyl sites for hydroxylation is 2. The van der Waals surface area contributed by atoms with Crippen molar-refractivity contribution in [2.75, 3.05) is 0 Å². The Hall–Kier alpha value is -4.85. The van der Waals surface area contributed by atoms with Crippen LogP contribution in [0.15, 0.2) is 91.3 Å². The van der Waals surface area contributed by atoms with Crippen LogP contribution in [0.1, 0.15) is 55.2 Å². The van der Waals surface area contributed by atoms with Crippen molar-refractivity contribution >= 4 is 27.9 Å². The number of H-pyrrole nitrogens is 2. The molecule has 42 heavy (non-hydrogen) atoms. The maximum Gasteiger partial charge on any atom is 0.408 e. The van der Waals surface area contributed by atoms with Gasteiger partial charge in [-0.2, -0.15) is 0 Å². The van der Waals surface area contributed by atoms with Crippen molar-refractivity contribution in [2.24, 2.45) is 0 Å². The number of alkyl carbamates (subject to hydrolysis) is 1. The van der Waals surface area contributed by atoms with Gasteiger partial charge >= 0.3 is 6.09 Å². The minimum Gasteiger partial charge on any atom is -0.444 e. The number of fused-ring (bicyclic) bond motifs is 2. The van der Waals surface area contributed by atoms with Crippen LogP contribution in [-0.4, -0.2) is 36.4 Å². The van der Waals surface area contributed by atoms with E-state index in [0.29, 0.717) is 25.2 Å². The van der Waals surface area contributed by atoms with E-state index in [1.165, 1.54) is 10.9 Å². The standard InChI is InChI=1S/C34H36N6O2/c1-34(2,3)42-33(41)37-30(19-25-21-36-29-16-10-8-14-27(25)29)32-39-38-31(40(32)22-23-11-5-4-6-12-23)18-17-24-20-35-28-15-9-7-13-26(24)28/h4-16,20-21,30,35-36H,17-19,22H2,1-3H3,(H,37,41)/t30-/m1/s1. The van der Waals surface area contributed by atoms with Crippen molar-refractivity contribution in [3.8, 4) is 0 Å². The van der Waals surface area contributed by atoms with Crippen LogP contribution in [0.4, 0.5) is 4.79 Å². The minimum absolute atomic E-state index is 0.461. The lowest BCUT2D eigenvalue weighted by atomic mass is 10.0. The highest BCUT2D eigenvalue weighted by atomic mass is 16.6. The van der Waals surface area contributed by atoms with E-state index >= 15 is 0 Å². The zero-order valence-electron chi connectivity index (χ0n) is 24.2. The predicted molar refractivity (Wildman–Crippen MR) is 165 cm³/mol. The number of rotatable bonds is 9. The van der Waals surface area contributed by atoms with Gasteiger partial charge in [-0.25, -0.2) is 4.79 Å². The molecule has 0 radical (unpaired) electrons. The summed E-state index contributed by atoms with van der Waals surface area (Å²) in [7, 11) is 0. The van der Waals surface area contributed by atoms with E-state index in [0.717, 1.165) is 39.8 Å². The zero-order chi connectivity index (χ0) is 29.1. The molecular weight excluding hydrogens is 524 g/mol. The van der Waals surface area contributed by atoms with E-state index in [4.69, 9.17) is 9.84 Å². The number of carbonyl (C=O) groups excluding carboxylic acids is 1. The van der Waals surface area contributed by atoms with Gasteiger partial charge in [0.05, 0.1) is 12.6 Å². The van der Waals surface area contributed by atoms with Crippen LogP contribution in [0.5, 0.6) is 0 Å². The lowest BCUT2D eigenvalue weighted by Crippen LogP contribution is -2.37. The number of nitrogens with zero attached hydrogens (tertiary/aromatic N) is 3. The Morgan fingerprint density at radius 3 is 2.14 bits per heavy atom. The number of ether oxygens (including phenoxy) is 1. The Morgan fingerprint density at radius 1 is 0.833 bits per heavy atom. The van der Waals surface area contributed by atoms with Crippen LogP contribution < -0.4 is 5.32 Å². The third-order valence-electron chi connectivity index (χ3n) is 7.43. The maximum atomic E-state index is 13.1. The molecule has 3 aromatic carbocycles. The van der Waals surface area contributed by atoms with E-state index in [1.54, 1.807) is 0 Å². The molecule has 3 aromatic heterocycles. The minimum atomic E-state index is -0.627. The quantitative estimate of drug-likeness (QED) is 0.179. The lowest BCUT2D eigenvalue weighted by molar-refractivity contribution is 0.0500. The smallest absolute Gasteiger partial charge is 0.408 e. The molecule has 0 saturated heterocycles. The molecule has 8 heteroatoms. The second kappa shape index (κ2) is 11.6. The number of hydrogen-bond acceptors (Lipinski definition) is 4. The number of para-hydroxylation sites is 2. The highest BCUT2D eigenvalue weighted by Crippen LogP contribution is 2.26. The fourth-order valence-electron chi connectivity index (χ4n) is 5.49. The number of nitrogens with one attached hydrogen (secondary N) is 3. The first-order valence-electron chi connectivity index (χ1n) is 14.4. The number of hydrogen-bond donors (Lipinski definition) is 3. The molecule has 0 unspecified atom stereocenters. The monoisotopic (exact) mass is 560 g/mol. The summed E-state index contributed by atoms with van der Waals surface area (Å²) in [5.74, 6) is 1.57. The molecule has 0 fully saturated rings. The van der Waals surface area contributed by atoms with Crippen molar-refractivity contribution in [1.29, 1.82) is 0 Å². The van der Waals surface area contributed by atoms with Gasteiger partial charge in [-0.1, -0.05) is 66.7 Å². The summed E-state index contributed by atoms with van der Waals surface area (Å²) in [4.78, 5) is 19.8. The van der Waals surface area contributed by atoms with Crippen LogP contribution in [-0.2, 0) is 30.5 Å². The van der Waals surface area contributed by atoms with Crippen LogP contribution in [0.25, 0.3) is 21.8 Å². The van der Waals surface area contributed by atoms with Gasteiger partial charge in [0.1, 0.15) is 11.4 Å². The van der Waals surface area contributed by atoms with Gasteiger partial charge in [0, 0.05) is 47.0 Å². The third-order valence-corrected chi connectivity index (χ3v) is 7.43. The molecule has 1 amide bonds. The lowest BCUT2D eigenvalue weighted by Gasteiger charge is -2.24. The van der Waals surface area contributed by atoms with Gasteiger partial charge < -0.3 is 24.6 Å². The summed E-state index contributed by atoms with van der Waals surface area (Å²) in [5, 5.41) is 14.9. The van der Waals surface area contributed by atoms with Gasteiger partial charge in [0.2, 0.25) is 0 Å². The molecule has 0 bridgehead atoms. The molecule has 1 atom stereocenters. The van der Waals surface area contributed by atoms with E-state index in [-0.39, 0.29) is 0 Å². The fraction of sp³-hybridized carbons (Fsp3) is 0.265. The number of benzene rings is 3. The summed E-state index contributed by atoms with van der Waals surface area (Å²) in [6, 6.07) is 26.3. The average Bonchev–Trinajstić information content (AvgIpc) is 3.68. The topological polar surface area (TPSA) is 101 Å².